The summed E-state index contributed by atoms with van der Waals surface area (Å²) in [5.74, 6) is 1.08. The molecule has 1 aliphatic carbocycles. The summed E-state index contributed by atoms with van der Waals surface area (Å²) in [7, 11) is 0. The first kappa shape index (κ1) is 17.1. The smallest absolute Gasteiger partial charge is 0.410 e. The van der Waals surface area contributed by atoms with Crippen LogP contribution in [0.1, 0.15) is 26.3 Å². The number of piperidine rings is 1. The van der Waals surface area contributed by atoms with Crippen LogP contribution < -0.4 is 5.32 Å². The van der Waals surface area contributed by atoms with Gasteiger partial charge in [0.2, 0.25) is 0 Å². The monoisotopic (exact) mass is 400 g/mol. The van der Waals surface area contributed by atoms with E-state index in [9.17, 15) is 4.79 Å². The Kier molecular flexibility index (Phi) is 4.64. The summed E-state index contributed by atoms with van der Waals surface area (Å²) in [4.78, 5) is 13.9. The molecule has 6 heteroatoms. The molecule has 126 valence electrons. The number of amides is 1. The normalized spacial score (nSPS) is 26.1. The number of hydrogen-bond acceptors (Lipinski definition) is 3. The van der Waals surface area contributed by atoms with Crippen LogP contribution in [0.4, 0.5) is 4.79 Å². The lowest BCUT2D eigenvalue weighted by molar-refractivity contribution is 0.0269. The number of hydrogen-bond donors (Lipinski definition) is 1. The lowest BCUT2D eigenvalue weighted by Gasteiger charge is -2.26. The van der Waals surface area contributed by atoms with E-state index in [0.717, 1.165) is 34.7 Å². The lowest BCUT2D eigenvalue weighted by Crippen LogP contribution is -2.39. The second kappa shape index (κ2) is 6.26. The first-order valence-electron chi connectivity index (χ1n) is 7.90. The predicted octanol–water partition coefficient (Wildman–Crippen LogP) is 4.06. The molecule has 1 N–H and O–H groups in total. The Hall–Kier alpha value is -0.780. The van der Waals surface area contributed by atoms with Crippen LogP contribution in [0, 0.1) is 11.8 Å². The number of rotatable bonds is 3. The molecule has 1 aliphatic heterocycles. The zero-order valence-electron chi connectivity index (χ0n) is 13.6. The van der Waals surface area contributed by atoms with Crippen LogP contribution in [0.15, 0.2) is 22.7 Å². The van der Waals surface area contributed by atoms with Crippen molar-refractivity contribution in [3.8, 4) is 0 Å². The van der Waals surface area contributed by atoms with E-state index in [1.165, 1.54) is 0 Å². The Labute approximate surface area is 150 Å². The van der Waals surface area contributed by atoms with Gasteiger partial charge >= 0.3 is 6.09 Å². The molecule has 0 bridgehead atoms. The predicted molar refractivity (Wildman–Crippen MR) is 94.6 cm³/mol. The van der Waals surface area contributed by atoms with Gasteiger partial charge < -0.3 is 15.0 Å². The van der Waals surface area contributed by atoms with E-state index in [0.29, 0.717) is 17.9 Å². The summed E-state index contributed by atoms with van der Waals surface area (Å²) >= 11 is 9.59. The number of likely N-dealkylation sites (tertiary alicyclic amines) is 1. The first-order valence-corrected chi connectivity index (χ1v) is 9.07. The Morgan fingerprint density at radius 3 is 2.65 bits per heavy atom. The maximum Gasteiger partial charge on any atom is 0.410 e. The summed E-state index contributed by atoms with van der Waals surface area (Å²) < 4.78 is 6.50. The molecule has 0 aromatic heterocycles. The summed E-state index contributed by atoms with van der Waals surface area (Å²) in [6.07, 6.45) is -0.193. The van der Waals surface area contributed by atoms with Crippen molar-refractivity contribution in [2.45, 2.75) is 39.0 Å². The molecular weight excluding hydrogens is 380 g/mol. The van der Waals surface area contributed by atoms with Gasteiger partial charge in [0, 0.05) is 35.2 Å². The van der Waals surface area contributed by atoms with Gasteiger partial charge in [-0.15, -0.1) is 0 Å². The van der Waals surface area contributed by atoms with E-state index in [1.807, 2.05) is 43.9 Å². The van der Waals surface area contributed by atoms with E-state index < -0.39 is 5.60 Å². The van der Waals surface area contributed by atoms with Crippen LogP contribution in [0.5, 0.6) is 0 Å². The highest BCUT2D eigenvalue weighted by Crippen LogP contribution is 2.46. The molecule has 1 amide bonds. The van der Waals surface area contributed by atoms with Crippen molar-refractivity contribution in [2.24, 2.45) is 11.8 Å². The van der Waals surface area contributed by atoms with E-state index in [1.54, 1.807) is 0 Å². The van der Waals surface area contributed by atoms with Crippen LogP contribution >= 0.6 is 27.5 Å². The number of halogens is 2. The molecule has 0 spiro atoms. The van der Waals surface area contributed by atoms with Crippen molar-refractivity contribution < 1.29 is 9.53 Å². The zero-order valence-corrected chi connectivity index (χ0v) is 15.9. The third-order valence-corrected chi connectivity index (χ3v) is 5.39. The fourth-order valence-corrected chi connectivity index (χ4v) is 3.79. The molecule has 1 saturated heterocycles. The molecule has 2 unspecified atom stereocenters. The Morgan fingerprint density at radius 2 is 2.04 bits per heavy atom. The van der Waals surface area contributed by atoms with E-state index >= 15 is 0 Å². The van der Waals surface area contributed by atoms with Crippen molar-refractivity contribution in [1.29, 1.82) is 0 Å². The van der Waals surface area contributed by atoms with Gasteiger partial charge in [-0.25, -0.2) is 4.79 Å². The quantitative estimate of drug-likeness (QED) is 0.830. The standard InChI is InChI=1S/C17H22BrClN2O2/c1-17(2,3)23-16(22)21-8-12-13(9-21)15(12)20-7-10-6-11(19)4-5-14(10)18/h4-6,12-13,15,20H,7-9H2,1-3H3. The summed E-state index contributed by atoms with van der Waals surface area (Å²) in [5, 5.41) is 4.33. The highest BCUT2D eigenvalue weighted by Gasteiger charge is 2.56. The lowest BCUT2D eigenvalue weighted by atomic mass is 10.2. The summed E-state index contributed by atoms with van der Waals surface area (Å²) in [6, 6.07) is 6.31. The maximum atomic E-state index is 12.1. The van der Waals surface area contributed by atoms with Crippen molar-refractivity contribution in [3.63, 3.8) is 0 Å². The average Bonchev–Trinajstić information content (AvgIpc) is 2.89. The van der Waals surface area contributed by atoms with Gasteiger partial charge in [-0.2, -0.15) is 0 Å². The minimum absolute atomic E-state index is 0.193. The number of ether oxygens (including phenoxy) is 1. The molecule has 2 aliphatic rings. The van der Waals surface area contributed by atoms with Crippen LogP contribution in [0.3, 0.4) is 0 Å². The molecule has 1 heterocycles. The maximum absolute atomic E-state index is 12.1. The third kappa shape index (κ3) is 4.01. The molecule has 2 fully saturated rings. The fourth-order valence-electron chi connectivity index (χ4n) is 3.21. The number of carbonyl (C=O) groups excluding carboxylic acids is 1. The van der Waals surface area contributed by atoms with Crippen LogP contribution in [-0.4, -0.2) is 35.7 Å². The second-order valence-corrected chi connectivity index (χ2v) is 8.65. The van der Waals surface area contributed by atoms with Gasteiger partial charge in [-0.3, -0.25) is 0 Å². The molecule has 3 rings (SSSR count). The average molecular weight is 402 g/mol. The molecule has 1 aromatic carbocycles. The molecule has 23 heavy (non-hydrogen) atoms. The number of fused-ring (bicyclic) bond motifs is 1. The van der Waals surface area contributed by atoms with Crippen molar-refractivity contribution in [2.75, 3.05) is 13.1 Å². The third-order valence-electron chi connectivity index (χ3n) is 4.38. The number of nitrogens with zero attached hydrogens (tertiary/aromatic N) is 1. The van der Waals surface area contributed by atoms with Gasteiger partial charge in [0.05, 0.1) is 0 Å². The van der Waals surface area contributed by atoms with E-state index in [2.05, 4.69) is 21.2 Å². The molecular formula is C17H22BrClN2O2. The van der Waals surface area contributed by atoms with E-state index in [-0.39, 0.29) is 6.09 Å². The summed E-state index contributed by atoms with van der Waals surface area (Å²) in [6.45, 7) is 8.05. The molecule has 4 nitrogen and oxygen atoms in total. The van der Waals surface area contributed by atoms with Gasteiger partial charge in [0.1, 0.15) is 5.60 Å². The van der Waals surface area contributed by atoms with Crippen molar-refractivity contribution >= 4 is 33.6 Å². The molecule has 0 radical (unpaired) electrons. The molecule has 2 atom stereocenters. The van der Waals surface area contributed by atoms with Crippen molar-refractivity contribution in [3.05, 3.63) is 33.3 Å². The van der Waals surface area contributed by atoms with E-state index in [4.69, 9.17) is 16.3 Å². The van der Waals surface area contributed by atoms with Crippen LogP contribution in [0.2, 0.25) is 5.02 Å². The van der Waals surface area contributed by atoms with Crippen LogP contribution in [0.25, 0.3) is 0 Å². The SMILES string of the molecule is CC(C)(C)OC(=O)N1CC2C(C1)C2NCc1cc(Cl)ccc1Br. The van der Waals surface area contributed by atoms with Gasteiger partial charge in [0.15, 0.2) is 0 Å². The topological polar surface area (TPSA) is 41.6 Å². The van der Waals surface area contributed by atoms with Gasteiger partial charge in [-0.05, 0) is 56.4 Å². The minimum atomic E-state index is -0.430. The molecule has 1 aromatic rings. The number of nitrogens with one attached hydrogen (secondary N) is 1. The Morgan fingerprint density at radius 1 is 1.39 bits per heavy atom. The summed E-state index contributed by atoms with van der Waals surface area (Å²) in [5.41, 5.74) is 0.729. The first-order chi connectivity index (χ1) is 10.7. The highest BCUT2D eigenvalue weighted by molar-refractivity contribution is 9.10. The number of carbonyl (C=O) groups is 1. The van der Waals surface area contributed by atoms with Gasteiger partial charge in [0.25, 0.3) is 0 Å². The van der Waals surface area contributed by atoms with Gasteiger partial charge in [-0.1, -0.05) is 27.5 Å². The number of benzene rings is 1. The van der Waals surface area contributed by atoms with Crippen LogP contribution in [-0.2, 0) is 11.3 Å². The largest absolute Gasteiger partial charge is 0.444 e. The molecule has 1 saturated carbocycles. The Balaban J connectivity index is 1.47. The zero-order chi connectivity index (χ0) is 16.8. The minimum Gasteiger partial charge on any atom is -0.444 e. The fraction of sp³-hybridized carbons (Fsp3) is 0.588. The highest BCUT2D eigenvalue weighted by atomic mass is 79.9. The second-order valence-electron chi connectivity index (χ2n) is 7.36. The Bertz CT molecular complexity index is 605. The van der Waals surface area contributed by atoms with Crippen molar-refractivity contribution in [1.82, 2.24) is 10.2 Å².